The molecule has 7 nitrogen and oxygen atoms in total. The van der Waals surface area contributed by atoms with Crippen molar-refractivity contribution >= 4 is 27.1 Å². The van der Waals surface area contributed by atoms with Gasteiger partial charge in [0.15, 0.2) is 9.84 Å². The van der Waals surface area contributed by atoms with Crippen LogP contribution in [0.15, 0.2) is 29.4 Å². The van der Waals surface area contributed by atoms with Crippen molar-refractivity contribution in [2.24, 2.45) is 5.10 Å². The second-order valence-corrected chi connectivity index (χ2v) is 7.35. The molecular formula is C14H16N4O3S. The minimum absolute atomic E-state index is 0.0542. The summed E-state index contributed by atoms with van der Waals surface area (Å²) in [7, 11) is -3.09. The number of hydrazone groups is 1. The van der Waals surface area contributed by atoms with Crippen molar-refractivity contribution in [3.05, 3.63) is 29.8 Å². The first-order valence-corrected chi connectivity index (χ1v) is 8.53. The molecule has 1 aromatic carbocycles. The predicted octanol–water partition coefficient (Wildman–Crippen LogP) is 0.590. The van der Waals surface area contributed by atoms with Gasteiger partial charge in [-0.25, -0.2) is 8.42 Å². The zero-order valence-corrected chi connectivity index (χ0v) is 12.9. The molecule has 1 aromatic rings. The Balaban J connectivity index is 1.98. The average molecular weight is 320 g/mol. The second kappa shape index (κ2) is 6.58. The summed E-state index contributed by atoms with van der Waals surface area (Å²) in [6.07, 6.45) is 0.359. The maximum Gasteiger partial charge on any atom is 0.282 e. The van der Waals surface area contributed by atoms with Crippen LogP contribution in [0.2, 0.25) is 0 Å². The second-order valence-electron chi connectivity index (χ2n) is 5.12. The molecule has 1 saturated heterocycles. The van der Waals surface area contributed by atoms with Gasteiger partial charge in [0.05, 0.1) is 17.2 Å². The summed E-state index contributed by atoms with van der Waals surface area (Å²) >= 11 is 0. The summed E-state index contributed by atoms with van der Waals surface area (Å²) in [4.78, 5) is 11.9. The molecule has 1 aliphatic rings. The smallest absolute Gasteiger partial charge is 0.282 e. The molecule has 1 amide bonds. The summed E-state index contributed by atoms with van der Waals surface area (Å²) in [5.41, 5.74) is 4.02. The Morgan fingerprint density at radius 2 is 2.05 bits per heavy atom. The van der Waals surface area contributed by atoms with E-state index in [1.165, 1.54) is 0 Å². The molecule has 1 fully saturated rings. The highest BCUT2D eigenvalue weighted by atomic mass is 32.2. The summed E-state index contributed by atoms with van der Waals surface area (Å²) in [5, 5.41) is 15.3. The van der Waals surface area contributed by atoms with Gasteiger partial charge >= 0.3 is 0 Å². The molecule has 0 bridgehead atoms. The van der Waals surface area contributed by atoms with Crippen LogP contribution >= 0.6 is 0 Å². The number of benzene rings is 1. The minimum atomic E-state index is -3.09. The van der Waals surface area contributed by atoms with Gasteiger partial charge < -0.3 is 5.32 Å². The number of nitrogens with zero attached hydrogens (tertiary/aromatic N) is 2. The average Bonchev–Trinajstić information content (AvgIpc) is 2.80. The van der Waals surface area contributed by atoms with Gasteiger partial charge in [0.1, 0.15) is 6.07 Å². The van der Waals surface area contributed by atoms with Gasteiger partial charge in [0, 0.05) is 6.04 Å². The van der Waals surface area contributed by atoms with Crippen molar-refractivity contribution in [1.29, 1.82) is 5.26 Å². The van der Waals surface area contributed by atoms with Gasteiger partial charge in [-0.15, -0.1) is 0 Å². The van der Waals surface area contributed by atoms with Gasteiger partial charge in [0.2, 0.25) is 5.71 Å². The fourth-order valence-corrected chi connectivity index (χ4v) is 3.71. The molecule has 1 unspecified atom stereocenters. The van der Waals surface area contributed by atoms with Crippen LogP contribution in [0, 0.1) is 18.3 Å². The summed E-state index contributed by atoms with van der Waals surface area (Å²) < 4.78 is 22.7. The van der Waals surface area contributed by atoms with Crippen LogP contribution in [0.3, 0.4) is 0 Å². The quantitative estimate of drug-likeness (QED) is 0.623. The molecule has 0 saturated carbocycles. The summed E-state index contributed by atoms with van der Waals surface area (Å²) in [5.74, 6) is -0.717. The number of hydrogen-bond donors (Lipinski definition) is 2. The fraction of sp³-hybridized carbons (Fsp3) is 0.357. The summed E-state index contributed by atoms with van der Waals surface area (Å²) in [6.45, 7) is 1.94. The third-order valence-corrected chi connectivity index (χ3v) is 5.00. The number of nitrogens with one attached hydrogen (secondary N) is 2. The molecule has 0 radical (unpaired) electrons. The van der Waals surface area contributed by atoms with Crippen molar-refractivity contribution < 1.29 is 13.2 Å². The maximum atomic E-state index is 11.9. The number of anilines is 1. The van der Waals surface area contributed by atoms with Crippen LogP contribution < -0.4 is 10.7 Å². The molecule has 8 heteroatoms. The molecule has 116 valence electrons. The molecule has 1 atom stereocenters. The number of sulfone groups is 1. The molecule has 2 rings (SSSR count). The zero-order chi connectivity index (χ0) is 16.2. The third-order valence-electron chi connectivity index (χ3n) is 3.24. The Morgan fingerprint density at radius 3 is 2.59 bits per heavy atom. The van der Waals surface area contributed by atoms with E-state index < -0.39 is 21.8 Å². The predicted molar refractivity (Wildman–Crippen MR) is 83.1 cm³/mol. The third kappa shape index (κ3) is 4.30. The van der Waals surface area contributed by atoms with Crippen molar-refractivity contribution in [1.82, 2.24) is 5.32 Å². The normalized spacial score (nSPS) is 20.2. The van der Waals surface area contributed by atoms with Gasteiger partial charge in [-0.2, -0.15) is 10.4 Å². The van der Waals surface area contributed by atoms with E-state index in [1.54, 1.807) is 18.2 Å². The van der Waals surface area contributed by atoms with Gasteiger partial charge in [-0.3, -0.25) is 10.2 Å². The first kappa shape index (κ1) is 16.0. The van der Waals surface area contributed by atoms with E-state index in [0.717, 1.165) is 5.56 Å². The Bertz CT molecular complexity index is 732. The minimum Gasteiger partial charge on any atom is -0.346 e. The first-order valence-electron chi connectivity index (χ1n) is 6.71. The van der Waals surface area contributed by atoms with Gasteiger partial charge in [-0.1, -0.05) is 17.7 Å². The SMILES string of the molecule is Cc1ccc(NN=C(C#N)C(=O)NC2CCS(=O)(=O)C2)cc1. The highest BCUT2D eigenvalue weighted by molar-refractivity contribution is 7.91. The number of hydrogen-bond acceptors (Lipinski definition) is 6. The lowest BCUT2D eigenvalue weighted by molar-refractivity contribution is -0.115. The monoisotopic (exact) mass is 320 g/mol. The topological polar surface area (TPSA) is 111 Å². The van der Waals surface area contributed by atoms with Crippen LogP contribution in [0.1, 0.15) is 12.0 Å². The van der Waals surface area contributed by atoms with Gasteiger partial charge in [0.25, 0.3) is 5.91 Å². The lowest BCUT2D eigenvalue weighted by atomic mass is 10.2. The maximum absolute atomic E-state index is 11.9. The number of carbonyl (C=O) groups excluding carboxylic acids is 1. The van der Waals surface area contributed by atoms with E-state index in [4.69, 9.17) is 5.26 Å². The fourth-order valence-electron chi connectivity index (χ4n) is 2.04. The number of aryl methyl sites for hydroxylation is 1. The van der Waals surface area contributed by atoms with Gasteiger partial charge in [-0.05, 0) is 25.5 Å². The highest BCUT2D eigenvalue weighted by Gasteiger charge is 2.29. The van der Waals surface area contributed by atoms with Crippen molar-refractivity contribution in [2.45, 2.75) is 19.4 Å². The molecule has 0 aliphatic carbocycles. The van der Waals surface area contributed by atoms with E-state index in [9.17, 15) is 13.2 Å². The molecule has 1 heterocycles. The molecule has 1 aliphatic heterocycles. The van der Waals surface area contributed by atoms with E-state index >= 15 is 0 Å². The number of carbonyl (C=O) groups is 1. The highest BCUT2D eigenvalue weighted by Crippen LogP contribution is 2.11. The molecular weight excluding hydrogens is 304 g/mol. The Labute approximate surface area is 128 Å². The molecule has 2 N–H and O–H groups in total. The Hall–Kier alpha value is -2.40. The first-order chi connectivity index (χ1) is 10.4. The molecule has 22 heavy (non-hydrogen) atoms. The van der Waals surface area contributed by atoms with Crippen LogP contribution in [-0.4, -0.2) is 37.6 Å². The van der Waals surface area contributed by atoms with Crippen LogP contribution in [0.5, 0.6) is 0 Å². The lowest BCUT2D eigenvalue weighted by Gasteiger charge is -2.09. The van der Waals surface area contributed by atoms with Crippen molar-refractivity contribution in [3.63, 3.8) is 0 Å². The Morgan fingerprint density at radius 1 is 1.36 bits per heavy atom. The lowest BCUT2D eigenvalue weighted by Crippen LogP contribution is -2.39. The summed E-state index contributed by atoms with van der Waals surface area (Å²) in [6, 6.07) is 8.52. The van der Waals surface area contributed by atoms with E-state index in [0.29, 0.717) is 12.1 Å². The van der Waals surface area contributed by atoms with Crippen LogP contribution in [0.25, 0.3) is 0 Å². The van der Waals surface area contributed by atoms with E-state index in [1.807, 2.05) is 19.1 Å². The number of rotatable bonds is 4. The van der Waals surface area contributed by atoms with Crippen LogP contribution in [0.4, 0.5) is 5.69 Å². The standard InChI is InChI=1S/C14H16N4O3S/c1-10-2-4-11(5-3-10)17-18-13(8-15)14(19)16-12-6-7-22(20,21)9-12/h2-5,12,17H,6-7,9H2,1H3,(H,16,19). The molecule has 0 aromatic heterocycles. The molecule has 0 spiro atoms. The Kier molecular flexibility index (Phi) is 4.78. The van der Waals surface area contributed by atoms with E-state index in [-0.39, 0.29) is 17.2 Å². The number of nitriles is 1. The number of amides is 1. The van der Waals surface area contributed by atoms with Crippen molar-refractivity contribution in [2.75, 3.05) is 16.9 Å². The zero-order valence-electron chi connectivity index (χ0n) is 12.0. The van der Waals surface area contributed by atoms with Crippen molar-refractivity contribution in [3.8, 4) is 6.07 Å². The largest absolute Gasteiger partial charge is 0.346 e. The van der Waals surface area contributed by atoms with E-state index in [2.05, 4.69) is 15.8 Å². The van der Waals surface area contributed by atoms with Crippen LogP contribution in [-0.2, 0) is 14.6 Å².